The number of hydrogen-bond donors (Lipinski definition) is 0. The van der Waals surface area contributed by atoms with Crippen molar-refractivity contribution in [3.8, 4) is 5.75 Å². The van der Waals surface area contributed by atoms with Gasteiger partial charge in [-0.2, -0.15) is 0 Å². The molecule has 0 saturated carbocycles. The molecule has 3 rings (SSSR count). The molecule has 144 valence electrons. The maximum Gasteiger partial charge on any atom is 0.260 e. The first kappa shape index (κ1) is 19.8. The molecule has 1 saturated heterocycles. The second-order valence-electron chi connectivity index (χ2n) is 6.38. The van der Waals surface area contributed by atoms with E-state index in [1.807, 2.05) is 12.1 Å². The number of anilines is 1. The van der Waals surface area contributed by atoms with Crippen molar-refractivity contribution in [2.75, 3.05) is 44.9 Å². The third-order valence-electron chi connectivity index (χ3n) is 4.40. The zero-order valence-electron chi connectivity index (χ0n) is 15.2. The summed E-state index contributed by atoms with van der Waals surface area (Å²) in [5.74, 6) is 0.316. The molecule has 1 aliphatic heterocycles. The van der Waals surface area contributed by atoms with Gasteiger partial charge in [0.2, 0.25) is 0 Å². The highest BCUT2D eigenvalue weighted by Gasteiger charge is 2.13. The minimum atomic E-state index is -0.127. The summed E-state index contributed by atoms with van der Waals surface area (Å²) in [5.41, 5.74) is 2.24. The second-order valence-corrected chi connectivity index (χ2v) is 7.22. The summed E-state index contributed by atoms with van der Waals surface area (Å²) in [6.45, 7) is 3.77. The van der Waals surface area contributed by atoms with Crippen LogP contribution in [0.1, 0.15) is 5.56 Å². The van der Waals surface area contributed by atoms with Crippen LogP contribution in [0.4, 0.5) is 5.69 Å². The smallest absolute Gasteiger partial charge is 0.260 e. The maximum atomic E-state index is 12.3. The predicted molar refractivity (Wildman–Crippen MR) is 108 cm³/mol. The summed E-state index contributed by atoms with van der Waals surface area (Å²) < 4.78 is 10.9. The quantitative estimate of drug-likeness (QED) is 0.727. The summed E-state index contributed by atoms with van der Waals surface area (Å²) in [7, 11) is 1.76. The van der Waals surface area contributed by atoms with E-state index in [-0.39, 0.29) is 12.5 Å². The average molecular weight is 409 g/mol. The Kier molecular flexibility index (Phi) is 6.83. The van der Waals surface area contributed by atoms with Gasteiger partial charge in [0.05, 0.1) is 18.2 Å². The van der Waals surface area contributed by atoms with E-state index in [1.165, 1.54) is 5.69 Å². The standard InChI is InChI=1S/C20H22Cl2N2O3/c1-23(20(25)14-27-19-7-4-16(21)12-18(19)22)13-15-2-5-17(6-3-15)24-8-10-26-11-9-24/h2-7,12H,8-11,13-14H2,1H3. The Labute approximate surface area is 169 Å². The van der Waals surface area contributed by atoms with Crippen LogP contribution in [0.15, 0.2) is 42.5 Å². The van der Waals surface area contributed by atoms with Gasteiger partial charge in [-0.25, -0.2) is 0 Å². The van der Waals surface area contributed by atoms with E-state index < -0.39 is 0 Å². The van der Waals surface area contributed by atoms with E-state index in [4.69, 9.17) is 32.7 Å². The summed E-state index contributed by atoms with van der Waals surface area (Å²) in [4.78, 5) is 16.3. The molecule has 1 aliphatic rings. The number of ether oxygens (including phenoxy) is 2. The summed E-state index contributed by atoms with van der Waals surface area (Å²) in [6, 6.07) is 13.2. The van der Waals surface area contributed by atoms with E-state index in [0.29, 0.717) is 22.3 Å². The number of rotatable bonds is 6. The van der Waals surface area contributed by atoms with Gasteiger partial charge in [0.25, 0.3) is 5.91 Å². The maximum absolute atomic E-state index is 12.3. The van der Waals surface area contributed by atoms with Gasteiger partial charge in [0.1, 0.15) is 5.75 Å². The molecule has 0 unspecified atom stereocenters. The number of halogens is 2. The number of hydrogen-bond acceptors (Lipinski definition) is 4. The van der Waals surface area contributed by atoms with Gasteiger partial charge in [0, 0.05) is 37.4 Å². The number of benzene rings is 2. The van der Waals surface area contributed by atoms with Crippen molar-refractivity contribution in [2.24, 2.45) is 0 Å². The van der Waals surface area contributed by atoms with Crippen LogP contribution in [0.3, 0.4) is 0 Å². The number of morpholine rings is 1. The molecule has 0 aliphatic carbocycles. The van der Waals surface area contributed by atoms with Crippen molar-refractivity contribution in [3.63, 3.8) is 0 Å². The van der Waals surface area contributed by atoms with E-state index in [0.717, 1.165) is 31.9 Å². The van der Waals surface area contributed by atoms with Crippen LogP contribution >= 0.6 is 23.2 Å². The van der Waals surface area contributed by atoms with Gasteiger partial charge < -0.3 is 19.3 Å². The molecular formula is C20H22Cl2N2O3. The van der Waals surface area contributed by atoms with Crippen LogP contribution in [0.25, 0.3) is 0 Å². The number of amides is 1. The highest BCUT2D eigenvalue weighted by atomic mass is 35.5. The van der Waals surface area contributed by atoms with Crippen LogP contribution in [-0.4, -0.2) is 50.8 Å². The largest absolute Gasteiger partial charge is 0.482 e. The fourth-order valence-electron chi connectivity index (χ4n) is 2.84. The fourth-order valence-corrected chi connectivity index (χ4v) is 3.30. The molecule has 0 aromatic heterocycles. The lowest BCUT2D eigenvalue weighted by atomic mass is 10.1. The molecule has 2 aromatic carbocycles. The number of carbonyl (C=O) groups is 1. The Balaban J connectivity index is 1.51. The van der Waals surface area contributed by atoms with Gasteiger partial charge >= 0.3 is 0 Å². The van der Waals surface area contributed by atoms with Gasteiger partial charge in [-0.3, -0.25) is 4.79 Å². The molecule has 2 aromatic rings. The Hall–Kier alpha value is -1.95. The zero-order chi connectivity index (χ0) is 19.2. The molecule has 5 nitrogen and oxygen atoms in total. The van der Waals surface area contributed by atoms with Crippen LogP contribution in [0.5, 0.6) is 5.75 Å². The Morgan fingerprint density at radius 1 is 1.15 bits per heavy atom. The number of carbonyl (C=O) groups excluding carboxylic acids is 1. The summed E-state index contributed by atoms with van der Waals surface area (Å²) in [5, 5.41) is 0.910. The zero-order valence-corrected chi connectivity index (χ0v) is 16.7. The second kappa shape index (κ2) is 9.31. The van der Waals surface area contributed by atoms with E-state index in [9.17, 15) is 4.79 Å². The lowest BCUT2D eigenvalue weighted by molar-refractivity contribution is -0.132. The molecule has 0 radical (unpaired) electrons. The topological polar surface area (TPSA) is 42.0 Å². The van der Waals surface area contributed by atoms with Crippen LogP contribution in [0.2, 0.25) is 10.0 Å². The molecule has 1 amide bonds. The van der Waals surface area contributed by atoms with Gasteiger partial charge in [-0.15, -0.1) is 0 Å². The first-order chi connectivity index (χ1) is 13.0. The van der Waals surface area contributed by atoms with Gasteiger partial charge in [0.15, 0.2) is 6.61 Å². The van der Waals surface area contributed by atoms with E-state index in [1.54, 1.807) is 30.1 Å². The van der Waals surface area contributed by atoms with E-state index >= 15 is 0 Å². The molecular weight excluding hydrogens is 387 g/mol. The Morgan fingerprint density at radius 3 is 2.52 bits per heavy atom. The Morgan fingerprint density at radius 2 is 1.85 bits per heavy atom. The van der Waals surface area contributed by atoms with Gasteiger partial charge in [-0.05, 0) is 35.9 Å². The molecule has 1 fully saturated rings. The summed E-state index contributed by atoms with van der Waals surface area (Å²) in [6.07, 6.45) is 0. The molecule has 0 N–H and O–H groups in total. The monoisotopic (exact) mass is 408 g/mol. The minimum Gasteiger partial charge on any atom is -0.482 e. The van der Waals surface area contributed by atoms with Gasteiger partial charge in [-0.1, -0.05) is 35.3 Å². The van der Waals surface area contributed by atoms with Crippen molar-refractivity contribution in [1.82, 2.24) is 4.90 Å². The van der Waals surface area contributed by atoms with E-state index in [2.05, 4.69) is 17.0 Å². The Bertz CT molecular complexity index is 777. The summed E-state index contributed by atoms with van der Waals surface area (Å²) >= 11 is 11.9. The normalized spacial score (nSPS) is 14.1. The van der Waals surface area contributed by atoms with Crippen molar-refractivity contribution >= 4 is 34.8 Å². The molecule has 7 heteroatoms. The predicted octanol–water partition coefficient (Wildman–Crippen LogP) is 3.87. The molecule has 27 heavy (non-hydrogen) atoms. The van der Waals surface area contributed by atoms with Crippen molar-refractivity contribution in [2.45, 2.75) is 6.54 Å². The third-order valence-corrected chi connectivity index (χ3v) is 4.93. The highest BCUT2D eigenvalue weighted by molar-refractivity contribution is 6.35. The van der Waals surface area contributed by atoms with Crippen molar-refractivity contribution < 1.29 is 14.3 Å². The van der Waals surface area contributed by atoms with Crippen LogP contribution in [0, 0.1) is 0 Å². The average Bonchev–Trinajstić information content (AvgIpc) is 2.68. The number of likely N-dealkylation sites (N-methyl/N-ethyl adjacent to an activating group) is 1. The fraction of sp³-hybridized carbons (Fsp3) is 0.350. The van der Waals surface area contributed by atoms with Crippen molar-refractivity contribution in [1.29, 1.82) is 0 Å². The highest BCUT2D eigenvalue weighted by Crippen LogP contribution is 2.27. The molecule has 0 bridgehead atoms. The lowest BCUT2D eigenvalue weighted by Gasteiger charge is -2.29. The van der Waals surface area contributed by atoms with Crippen LogP contribution < -0.4 is 9.64 Å². The van der Waals surface area contributed by atoms with Crippen molar-refractivity contribution in [3.05, 3.63) is 58.1 Å². The first-order valence-electron chi connectivity index (χ1n) is 8.76. The third kappa shape index (κ3) is 5.51. The molecule has 0 spiro atoms. The number of nitrogens with zero attached hydrogens (tertiary/aromatic N) is 2. The minimum absolute atomic E-state index is 0.0796. The lowest BCUT2D eigenvalue weighted by Crippen LogP contribution is -2.36. The van der Waals surface area contributed by atoms with Crippen LogP contribution in [-0.2, 0) is 16.1 Å². The molecule has 1 heterocycles. The SMILES string of the molecule is CN(Cc1ccc(N2CCOCC2)cc1)C(=O)COc1ccc(Cl)cc1Cl. The molecule has 0 atom stereocenters. The first-order valence-corrected chi connectivity index (χ1v) is 9.52.